The Balaban J connectivity index is 1.78. The zero-order chi connectivity index (χ0) is 18.1. The molecule has 0 bridgehead atoms. The van der Waals surface area contributed by atoms with Crippen LogP contribution in [0.4, 0.5) is 10.5 Å². The number of non-ortho nitro benzene ring substituents is 1. The smallest absolute Gasteiger partial charge is 0.263 e. The van der Waals surface area contributed by atoms with Crippen LogP contribution in [0.25, 0.3) is 0 Å². The summed E-state index contributed by atoms with van der Waals surface area (Å²) in [6, 6.07) is 4.75. The lowest BCUT2D eigenvalue weighted by molar-refractivity contribution is -0.384. The van der Waals surface area contributed by atoms with Crippen LogP contribution in [-0.4, -0.2) is 38.6 Å². The standard InChI is InChI=1S/C17H19N3O5/c1-11-4-2-3-5-14(11)19-16(22)15(21)18(17(19)23)10-12-6-8-13(9-7-12)20(24)25/h6-9,11,14H,2-5,10H2,1H3/t11-,14-/m0/s1. The molecule has 2 atom stereocenters. The fourth-order valence-electron chi connectivity index (χ4n) is 3.54. The molecule has 8 nitrogen and oxygen atoms in total. The second kappa shape index (κ2) is 6.62. The molecule has 1 saturated carbocycles. The molecule has 0 aromatic heterocycles. The highest BCUT2D eigenvalue weighted by atomic mass is 16.6. The highest BCUT2D eigenvalue weighted by molar-refractivity contribution is 6.44. The normalized spacial score (nSPS) is 24.1. The summed E-state index contributed by atoms with van der Waals surface area (Å²) in [7, 11) is 0. The van der Waals surface area contributed by atoms with Gasteiger partial charge in [0.25, 0.3) is 5.69 Å². The molecule has 0 radical (unpaired) electrons. The van der Waals surface area contributed by atoms with E-state index in [2.05, 4.69) is 0 Å². The molecule has 25 heavy (non-hydrogen) atoms. The van der Waals surface area contributed by atoms with E-state index in [1.807, 2.05) is 6.92 Å². The molecular formula is C17H19N3O5. The number of amides is 4. The van der Waals surface area contributed by atoms with E-state index in [9.17, 15) is 24.5 Å². The third-order valence-corrected chi connectivity index (χ3v) is 4.97. The van der Waals surface area contributed by atoms with E-state index in [0.29, 0.717) is 5.56 Å². The maximum Gasteiger partial charge on any atom is 0.334 e. The van der Waals surface area contributed by atoms with Gasteiger partial charge < -0.3 is 0 Å². The topological polar surface area (TPSA) is 101 Å². The Hall–Kier alpha value is -2.77. The molecule has 132 valence electrons. The fourth-order valence-corrected chi connectivity index (χ4v) is 3.54. The van der Waals surface area contributed by atoms with Gasteiger partial charge in [-0.2, -0.15) is 0 Å². The number of benzene rings is 1. The Morgan fingerprint density at radius 2 is 1.72 bits per heavy atom. The Bertz CT molecular complexity index is 730. The number of imide groups is 2. The number of nitro groups is 1. The molecule has 1 heterocycles. The third-order valence-electron chi connectivity index (χ3n) is 4.97. The number of hydrogen-bond donors (Lipinski definition) is 0. The first-order chi connectivity index (χ1) is 11.9. The van der Waals surface area contributed by atoms with Crippen molar-refractivity contribution in [2.75, 3.05) is 0 Å². The average Bonchev–Trinajstić information content (AvgIpc) is 2.80. The van der Waals surface area contributed by atoms with E-state index in [1.54, 1.807) is 0 Å². The summed E-state index contributed by atoms with van der Waals surface area (Å²) in [6.07, 6.45) is 3.65. The van der Waals surface area contributed by atoms with Crippen molar-refractivity contribution in [2.45, 2.75) is 45.2 Å². The van der Waals surface area contributed by atoms with Crippen LogP contribution in [0.3, 0.4) is 0 Å². The highest BCUT2D eigenvalue weighted by Gasteiger charge is 2.48. The van der Waals surface area contributed by atoms with Crippen molar-refractivity contribution >= 4 is 23.5 Å². The van der Waals surface area contributed by atoms with Crippen molar-refractivity contribution in [1.82, 2.24) is 9.80 Å². The maximum absolute atomic E-state index is 12.7. The Kier molecular flexibility index (Phi) is 4.52. The van der Waals surface area contributed by atoms with Gasteiger partial charge in [-0.25, -0.2) is 4.79 Å². The largest absolute Gasteiger partial charge is 0.334 e. The van der Waals surface area contributed by atoms with E-state index in [4.69, 9.17) is 0 Å². The first-order valence-corrected chi connectivity index (χ1v) is 8.32. The zero-order valence-electron chi connectivity index (χ0n) is 13.9. The molecule has 2 aliphatic rings. The van der Waals surface area contributed by atoms with Gasteiger partial charge in [-0.15, -0.1) is 0 Å². The summed E-state index contributed by atoms with van der Waals surface area (Å²) in [5.41, 5.74) is 0.482. The van der Waals surface area contributed by atoms with E-state index < -0.39 is 22.8 Å². The summed E-state index contributed by atoms with van der Waals surface area (Å²) in [4.78, 5) is 49.4. The monoisotopic (exact) mass is 345 g/mol. The Morgan fingerprint density at radius 3 is 2.32 bits per heavy atom. The summed E-state index contributed by atoms with van der Waals surface area (Å²) in [6.45, 7) is 1.92. The summed E-state index contributed by atoms with van der Waals surface area (Å²) in [5.74, 6) is -1.43. The molecule has 4 amide bonds. The Morgan fingerprint density at radius 1 is 1.08 bits per heavy atom. The molecule has 0 unspecified atom stereocenters. The Labute approximate surface area is 144 Å². The van der Waals surface area contributed by atoms with Gasteiger partial charge in [0.05, 0.1) is 11.5 Å². The lowest BCUT2D eigenvalue weighted by atomic mass is 9.85. The van der Waals surface area contributed by atoms with Gasteiger partial charge in [0.1, 0.15) is 0 Å². The number of hydrogen-bond acceptors (Lipinski definition) is 5. The van der Waals surface area contributed by atoms with Crippen LogP contribution < -0.4 is 0 Å². The van der Waals surface area contributed by atoms with Crippen LogP contribution in [0, 0.1) is 16.0 Å². The van der Waals surface area contributed by atoms with E-state index in [0.717, 1.165) is 35.5 Å². The lowest BCUT2D eigenvalue weighted by Gasteiger charge is -2.34. The predicted octanol–water partition coefficient (Wildman–Crippen LogP) is 2.46. The predicted molar refractivity (Wildman–Crippen MR) is 87.3 cm³/mol. The van der Waals surface area contributed by atoms with Gasteiger partial charge in [-0.3, -0.25) is 29.5 Å². The minimum Gasteiger partial charge on any atom is -0.263 e. The van der Waals surface area contributed by atoms with Crippen LogP contribution in [0.1, 0.15) is 38.2 Å². The number of carbonyl (C=O) groups excluding carboxylic acids is 3. The van der Waals surface area contributed by atoms with Crippen LogP contribution in [0.5, 0.6) is 0 Å². The van der Waals surface area contributed by atoms with Gasteiger partial charge in [0.2, 0.25) is 0 Å². The maximum atomic E-state index is 12.7. The second-order valence-corrected chi connectivity index (χ2v) is 6.60. The molecule has 0 spiro atoms. The molecule has 3 rings (SSSR count). The first-order valence-electron chi connectivity index (χ1n) is 8.32. The molecule has 0 N–H and O–H groups in total. The SMILES string of the molecule is C[C@H]1CCCC[C@@H]1N1C(=O)C(=O)N(Cc2ccc([N+](=O)[O-])cc2)C1=O. The quantitative estimate of drug-likeness (QED) is 0.361. The van der Waals surface area contributed by atoms with Crippen LogP contribution >= 0.6 is 0 Å². The van der Waals surface area contributed by atoms with Crippen LogP contribution in [-0.2, 0) is 16.1 Å². The van der Waals surface area contributed by atoms with Crippen LogP contribution in [0.15, 0.2) is 24.3 Å². The van der Waals surface area contributed by atoms with E-state index in [-0.39, 0.29) is 24.2 Å². The number of nitrogens with zero attached hydrogens (tertiary/aromatic N) is 3. The average molecular weight is 345 g/mol. The van der Waals surface area contributed by atoms with Gasteiger partial charge in [-0.1, -0.05) is 31.9 Å². The molecular weight excluding hydrogens is 326 g/mol. The molecule has 1 saturated heterocycles. The van der Waals surface area contributed by atoms with Crippen molar-refractivity contribution in [3.05, 3.63) is 39.9 Å². The zero-order valence-corrected chi connectivity index (χ0v) is 13.9. The van der Waals surface area contributed by atoms with Crippen molar-refractivity contribution in [3.63, 3.8) is 0 Å². The van der Waals surface area contributed by atoms with Gasteiger partial charge in [0, 0.05) is 18.2 Å². The van der Waals surface area contributed by atoms with Gasteiger partial charge >= 0.3 is 17.8 Å². The first kappa shape index (κ1) is 17.1. The van der Waals surface area contributed by atoms with Gasteiger partial charge in [-0.05, 0) is 24.3 Å². The molecule has 1 aromatic carbocycles. The van der Waals surface area contributed by atoms with E-state index in [1.165, 1.54) is 24.3 Å². The molecule has 1 aliphatic heterocycles. The number of urea groups is 1. The minimum atomic E-state index is -0.832. The van der Waals surface area contributed by atoms with Crippen molar-refractivity contribution < 1.29 is 19.3 Å². The molecule has 2 fully saturated rings. The van der Waals surface area contributed by atoms with Gasteiger partial charge in [0.15, 0.2) is 0 Å². The van der Waals surface area contributed by atoms with Crippen molar-refractivity contribution in [2.24, 2.45) is 5.92 Å². The van der Waals surface area contributed by atoms with Crippen LogP contribution in [0.2, 0.25) is 0 Å². The number of rotatable bonds is 4. The summed E-state index contributed by atoms with van der Waals surface area (Å²) in [5, 5.41) is 10.7. The fraction of sp³-hybridized carbons (Fsp3) is 0.471. The second-order valence-electron chi connectivity index (χ2n) is 6.60. The lowest BCUT2D eigenvalue weighted by Crippen LogP contribution is -2.46. The highest BCUT2D eigenvalue weighted by Crippen LogP contribution is 2.31. The molecule has 8 heteroatoms. The third kappa shape index (κ3) is 3.11. The van der Waals surface area contributed by atoms with E-state index >= 15 is 0 Å². The summed E-state index contributed by atoms with van der Waals surface area (Å²) < 4.78 is 0. The number of carbonyl (C=O) groups is 3. The van der Waals surface area contributed by atoms with Crippen molar-refractivity contribution in [3.8, 4) is 0 Å². The minimum absolute atomic E-state index is 0.0704. The number of nitro benzene ring substituents is 1. The molecule has 1 aromatic rings. The van der Waals surface area contributed by atoms with Crippen molar-refractivity contribution in [1.29, 1.82) is 0 Å². The molecule has 1 aliphatic carbocycles. The summed E-state index contributed by atoms with van der Waals surface area (Å²) >= 11 is 0.